The van der Waals surface area contributed by atoms with E-state index in [9.17, 15) is 4.79 Å². The van der Waals surface area contributed by atoms with Crippen LogP contribution in [-0.4, -0.2) is 5.97 Å². The van der Waals surface area contributed by atoms with Crippen molar-refractivity contribution in [2.45, 2.75) is 110 Å². The summed E-state index contributed by atoms with van der Waals surface area (Å²) in [5, 5.41) is 0. The number of rotatable bonds is 17. The molecule has 1 rings (SSSR count). The van der Waals surface area contributed by atoms with E-state index < -0.39 is 0 Å². The maximum absolute atomic E-state index is 11.7. The van der Waals surface area contributed by atoms with Crippen molar-refractivity contribution >= 4 is 5.97 Å². The first-order valence-electron chi connectivity index (χ1n) is 11.6. The summed E-state index contributed by atoms with van der Waals surface area (Å²) >= 11 is 0. The zero-order chi connectivity index (χ0) is 20.5. The molecule has 1 aromatic rings. The SMILES string of the molecule is C=C(C)C(=O)Oc1ccccc1CCCCCCCCCCCCCCCC. The van der Waals surface area contributed by atoms with Gasteiger partial charge in [-0.25, -0.2) is 4.79 Å². The second kappa shape index (κ2) is 16.4. The Kier molecular flexibility index (Phi) is 14.3. The van der Waals surface area contributed by atoms with Crippen LogP contribution in [0.15, 0.2) is 36.4 Å². The zero-order valence-corrected chi connectivity index (χ0v) is 18.4. The minimum atomic E-state index is -0.339. The largest absolute Gasteiger partial charge is 0.423 e. The molecule has 0 atom stereocenters. The fourth-order valence-corrected chi connectivity index (χ4v) is 3.51. The average Bonchev–Trinajstić information content (AvgIpc) is 2.69. The van der Waals surface area contributed by atoms with Crippen LogP contribution in [0.4, 0.5) is 0 Å². The molecule has 158 valence electrons. The maximum Gasteiger partial charge on any atom is 0.338 e. The number of hydrogen-bond donors (Lipinski definition) is 0. The van der Waals surface area contributed by atoms with Gasteiger partial charge in [-0.3, -0.25) is 0 Å². The Morgan fingerprint density at radius 1 is 0.786 bits per heavy atom. The van der Waals surface area contributed by atoms with E-state index in [1.807, 2.05) is 18.2 Å². The molecular formula is C26H42O2. The topological polar surface area (TPSA) is 26.3 Å². The molecule has 0 aromatic heterocycles. The number of esters is 1. The summed E-state index contributed by atoms with van der Waals surface area (Å²) in [6.45, 7) is 7.61. The zero-order valence-electron chi connectivity index (χ0n) is 18.4. The highest BCUT2D eigenvalue weighted by Crippen LogP contribution is 2.22. The molecule has 28 heavy (non-hydrogen) atoms. The molecule has 2 nitrogen and oxygen atoms in total. The fourth-order valence-electron chi connectivity index (χ4n) is 3.51. The second-order valence-corrected chi connectivity index (χ2v) is 8.12. The fraction of sp³-hybridized carbons (Fsp3) is 0.654. The standard InChI is InChI=1S/C26H42O2/c1-4-5-6-7-8-9-10-11-12-13-14-15-16-17-20-24-21-18-19-22-25(24)28-26(27)23(2)3/h18-19,21-22H,2,4-17,20H2,1,3H3. The first-order chi connectivity index (χ1) is 13.6. The van der Waals surface area contributed by atoms with Crippen molar-refractivity contribution in [1.29, 1.82) is 0 Å². The predicted molar refractivity (Wildman–Crippen MR) is 121 cm³/mol. The van der Waals surface area contributed by atoms with Crippen molar-refractivity contribution < 1.29 is 9.53 Å². The molecule has 0 saturated carbocycles. The minimum Gasteiger partial charge on any atom is -0.423 e. The van der Waals surface area contributed by atoms with Gasteiger partial charge in [-0.05, 0) is 31.4 Å². The van der Waals surface area contributed by atoms with Crippen LogP contribution < -0.4 is 4.74 Å². The third-order valence-electron chi connectivity index (χ3n) is 5.32. The summed E-state index contributed by atoms with van der Waals surface area (Å²) in [7, 11) is 0. The number of unbranched alkanes of at least 4 members (excludes halogenated alkanes) is 13. The van der Waals surface area contributed by atoms with E-state index in [4.69, 9.17) is 4.74 Å². The number of hydrogen-bond acceptors (Lipinski definition) is 2. The van der Waals surface area contributed by atoms with Gasteiger partial charge in [0.2, 0.25) is 0 Å². The lowest BCUT2D eigenvalue weighted by Gasteiger charge is -2.10. The smallest absolute Gasteiger partial charge is 0.338 e. The summed E-state index contributed by atoms with van der Waals surface area (Å²) in [5.74, 6) is 0.346. The van der Waals surface area contributed by atoms with Crippen LogP contribution in [0.5, 0.6) is 5.75 Å². The van der Waals surface area contributed by atoms with Crippen LogP contribution in [0, 0.1) is 0 Å². The molecule has 0 bridgehead atoms. The van der Waals surface area contributed by atoms with Gasteiger partial charge in [0.15, 0.2) is 0 Å². The molecule has 0 unspecified atom stereocenters. The Hall–Kier alpha value is -1.57. The van der Waals surface area contributed by atoms with Gasteiger partial charge < -0.3 is 4.74 Å². The predicted octanol–water partition coefficient (Wildman–Crippen LogP) is 8.19. The summed E-state index contributed by atoms with van der Waals surface area (Å²) in [6, 6.07) is 7.86. The van der Waals surface area contributed by atoms with Gasteiger partial charge in [0.05, 0.1) is 0 Å². The molecule has 0 aliphatic heterocycles. The summed E-state index contributed by atoms with van der Waals surface area (Å²) in [4.78, 5) is 11.7. The molecule has 0 fully saturated rings. The molecule has 2 heteroatoms. The van der Waals surface area contributed by atoms with Gasteiger partial charge in [-0.15, -0.1) is 0 Å². The maximum atomic E-state index is 11.7. The van der Waals surface area contributed by atoms with Crippen molar-refractivity contribution in [3.8, 4) is 5.75 Å². The van der Waals surface area contributed by atoms with Crippen LogP contribution in [0.25, 0.3) is 0 Å². The van der Waals surface area contributed by atoms with E-state index in [1.165, 1.54) is 83.5 Å². The summed E-state index contributed by atoms with van der Waals surface area (Å²) in [5.41, 5.74) is 1.56. The summed E-state index contributed by atoms with van der Waals surface area (Å²) < 4.78 is 5.44. The molecule has 0 heterocycles. The minimum absolute atomic E-state index is 0.339. The number of para-hydroxylation sites is 1. The molecule has 1 aromatic carbocycles. The van der Waals surface area contributed by atoms with Crippen molar-refractivity contribution in [3.05, 3.63) is 42.0 Å². The van der Waals surface area contributed by atoms with Crippen LogP contribution in [-0.2, 0) is 11.2 Å². The van der Waals surface area contributed by atoms with Gasteiger partial charge in [0, 0.05) is 5.57 Å². The van der Waals surface area contributed by atoms with E-state index >= 15 is 0 Å². The van der Waals surface area contributed by atoms with Crippen LogP contribution in [0.3, 0.4) is 0 Å². The van der Waals surface area contributed by atoms with Gasteiger partial charge in [0.25, 0.3) is 0 Å². The molecule has 0 aliphatic carbocycles. The van der Waals surface area contributed by atoms with E-state index in [-0.39, 0.29) is 5.97 Å². The van der Waals surface area contributed by atoms with Crippen molar-refractivity contribution in [2.24, 2.45) is 0 Å². The molecule has 0 radical (unpaired) electrons. The van der Waals surface area contributed by atoms with Gasteiger partial charge in [-0.2, -0.15) is 0 Å². The lowest BCUT2D eigenvalue weighted by Crippen LogP contribution is -2.09. The van der Waals surface area contributed by atoms with Crippen molar-refractivity contribution in [3.63, 3.8) is 0 Å². The number of aryl methyl sites for hydroxylation is 1. The highest BCUT2D eigenvalue weighted by atomic mass is 16.5. The molecule has 0 amide bonds. The van der Waals surface area contributed by atoms with Crippen molar-refractivity contribution in [1.82, 2.24) is 0 Å². The summed E-state index contributed by atoms with van der Waals surface area (Å²) in [6.07, 6.45) is 20.1. The van der Waals surface area contributed by atoms with Gasteiger partial charge in [-0.1, -0.05) is 115 Å². The van der Waals surface area contributed by atoms with Crippen LogP contribution in [0.2, 0.25) is 0 Å². The van der Waals surface area contributed by atoms with E-state index in [2.05, 4.69) is 19.6 Å². The highest BCUT2D eigenvalue weighted by Gasteiger charge is 2.09. The molecule has 0 aliphatic rings. The second-order valence-electron chi connectivity index (χ2n) is 8.12. The van der Waals surface area contributed by atoms with Gasteiger partial charge >= 0.3 is 5.97 Å². The van der Waals surface area contributed by atoms with Crippen LogP contribution in [0.1, 0.15) is 109 Å². The third kappa shape index (κ3) is 12.0. The first-order valence-corrected chi connectivity index (χ1v) is 11.6. The lowest BCUT2D eigenvalue weighted by molar-refractivity contribution is -0.130. The molecule has 0 saturated heterocycles. The molecular weight excluding hydrogens is 344 g/mol. The number of carbonyl (C=O) groups is 1. The molecule has 0 spiro atoms. The molecule has 0 N–H and O–H groups in total. The normalized spacial score (nSPS) is 10.8. The average molecular weight is 387 g/mol. The quantitative estimate of drug-likeness (QED) is 0.117. The Morgan fingerprint density at radius 3 is 1.75 bits per heavy atom. The number of ether oxygens (including phenoxy) is 1. The Bertz CT molecular complexity index is 547. The third-order valence-corrected chi connectivity index (χ3v) is 5.32. The van der Waals surface area contributed by atoms with E-state index in [1.54, 1.807) is 6.92 Å². The Morgan fingerprint density at radius 2 is 1.25 bits per heavy atom. The van der Waals surface area contributed by atoms with Crippen LogP contribution >= 0.6 is 0 Å². The Balaban J connectivity index is 2.02. The monoisotopic (exact) mass is 386 g/mol. The van der Waals surface area contributed by atoms with Crippen molar-refractivity contribution in [2.75, 3.05) is 0 Å². The lowest BCUT2D eigenvalue weighted by atomic mass is 10.0. The van der Waals surface area contributed by atoms with E-state index in [0.717, 1.165) is 18.4 Å². The number of benzene rings is 1. The van der Waals surface area contributed by atoms with E-state index in [0.29, 0.717) is 11.3 Å². The number of carbonyl (C=O) groups excluding carboxylic acids is 1. The highest BCUT2D eigenvalue weighted by molar-refractivity contribution is 5.88. The van der Waals surface area contributed by atoms with Gasteiger partial charge in [0.1, 0.15) is 5.75 Å². The first kappa shape index (κ1) is 24.5. The Labute approximate surface area is 173 Å².